The Balaban J connectivity index is 2.24. The fourth-order valence-electron chi connectivity index (χ4n) is 2.54. The smallest absolute Gasteiger partial charge is 0.348 e. The normalized spacial score (nSPS) is 11.6. The zero-order chi connectivity index (χ0) is 20.2. The Morgan fingerprint density at radius 2 is 1.00 bits per heavy atom. The van der Waals surface area contributed by atoms with E-state index >= 15 is 0 Å². The molecule has 2 rings (SSSR count). The van der Waals surface area contributed by atoms with Gasteiger partial charge in [-0.05, 0) is 65.8 Å². The molecule has 27 heavy (non-hydrogen) atoms. The molecular formula is C22H28N2O3. The van der Waals surface area contributed by atoms with Crippen molar-refractivity contribution in [1.82, 2.24) is 0 Å². The number of hydrogen-bond donors (Lipinski definition) is 2. The summed E-state index contributed by atoms with van der Waals surface area (Å²) in [4.78, 5) is 25.3. The first-order valence-corrected chi connectivity index (χ1v) is 8.97. The maximum Gasteiger partial charge on any atom is 0.348 e. The standard InChI is InChI=1S/C22H28N2O3/c1-21(2,3)23-17-13-9-7-11-15(17)19(25)27-20(26)16-12-8-10-14-18(16)24-22(4,5)6/h7-14,23-24H,1-6H3. The van der Waals surface area contributed by atoms with Gasteiger partial charge < -0.3 is 15.4 Å². The summed E-state index contributed by atoms with van der Waals surface area (Å²) in [5.41, 5.74) is 1.43. The molecule has 2 aromatic rings. The molecule has 0 fully saturated rings. The van der Waals surface area contributed by atoms with E-state index in [9.17, 15) is 9.59 Å². The van der Waals surface area contributed by atoms with Crippen LogP contribution in [-0.2, 0) is 4.74 Å². The minimum atomic E-state index is -0.682. The van der Waals surface area contributed by atoms with Crippen molar-refractivity contribution in [2.24, 2.45) is 0 Å². The Kier molecular flexibility index (Phi) is 5.94. The molecule has 0 heterocycles. The molecule has 0 aliphatic carbocycles. The number of carbonyl (C=O) groups is 2. The minimum absolute atomic E-state index is 0.233. The molecule has 0 unspecified atom stereocenters. The van der Waals surface area contributed by atoms with Gasteiger partial charge in [-0.2, -0.15) is 0 Å². The number of benzene rings is 2. The molecule has 2 N–H and O–H groups in total. The molecule has 2 aromatic carbocycles. The van der Waals surface area contributed by atoms with Gasteiger partial charge in [-0.1, -0.05) is 24.3 Å². The largest absolute Gasteiger partial charge is 0.386 e. The highest BCUT2D eigenvalue weighted by atomic mass is 16.6. The Hall–Kier alpha value is -2.82. The summed E-state index contributed by atoms with van der Waals surface area (Å²) in [7, 11) is 0. The number of esters is 2. The number of ether oxygens (including phenoxy) is 1. The van der Waals surface area contributed by atoms with Gasteiger partial charge in [0.2, 0.25) is 0 Å². The van der Waals surface area contributed by atoms with Crippen LogP contribution in [0.2, 0.25) is 0 Å². The maximum atomic E-state index is 12.6. The van der Waals surface area contributed by atoms with Crippen LogP contribution in [0, 0.1) is 0 Å². The second-order valence-corrected chi connectivity index (χ2v) is 8.52. The molecule has 0 saturated heterocycles. The van der Waals surface area contributed by atoms with Crippen LogP contribution in [0.3, 0.4) is 0 Å². The van der Waals surface area contributed by atoms with E-state index < -0.39 is 11.9 Å². The molecule has 0 aromatic heterocycles. The monoisotopic (exact) mass is 368 g/mol. The van der Waals surface area contributed by atoms with Gasteiger partial charge >= 0.3 is 11.9 Å². The third kappa shape index (κ3) is 6.13. The fourth-order valence-corrected chi connectivity index (χ4v) is 2.54. The fraction of sp³-hybridized carbons (Fsp3) is 0.364. The lowest BCUT2D eigenvalue weighted by Gasteiger charge is -2.24. The van der Waals surface area contributed by atoms with Crippen molar-refractivity contribution in [3.63, 3.8) is 0 Å². The number of para-hydroxylation sites is 2. The second-order valence-electron chi connectivity index (χ2n) is 8.52. The van der Waals surface area contributed by atoms with E-state index in [1.165, 1.54) is 0 Å². The van der Waals surface area contributed by atoms with Crippen molar-refractivity contribution < 1.29 is 14.3 Å². The molecule has 0 spiro atoms. The molecule has 0 saturated carbocycles. The Bertz CT molecular complexity index is 760. The van der Waals surface area contributed by atoms with E-state index in [0.717, 1.165) is 0 Å². The van der Waals surface area contributed by atoms with Gasteiger partial charge in [0.1, 0.15) is 0 Å². The number of hydrogen-bond acceptors (Lipinski definition) is 5. The van der Waals surface area contributed by atoms with Crippen molar-refractivity contribution in [1.29, 1.82) is 0 Å². The quantitative estimate of drug-likeness (QED) is 0.580. The molecule has 0 amide bonds. The Morgan fingerprint density at radius 1 is 0.667 bits per heavy atom. The topological polar surface area (TPSA) is 67.4 Å². The maximum absolute atomic E-state index is 12.6. The highest BCUT2D eigenvalue weighted by Crippen LogP contribution is 2.23. The van der Waals surface area contributed by atoms with Crippen LogP contribution in [0.1, 0.15) is 62.3 Å². The van der Waals surface area contributed by atoms with Gasteiger partial charge in [0, 0.05) is 22.5 Å². The highest BCUT2D eigenvalue weighted by molar-refractivity contribution is 6.07. The average Bonchev–Trinajstić information content (AvgIpc) is 2.52. The van der Waals surface area contributed by atoms with Gasteiger partial charge in [0.25, 0.3) is 0 Å². The van der Waals surface area contributed by atoms with Gasteiger partial charge in [0.15, 0.2) is 0 Å². The van der Waals surface area contributed by atoms with E-state index in [1.54, 1.807) is 36.4 Å². The lowest BCUT2D eigenvalue weighted by Crippen LogP contribution is -2.28. The first-order valence-electron chi connectivity index (χ1n) is 8.97. The first-order chi connectivity index (χ1) is 12.5. The number of anilines is 2. The minimum Gasteiger partial charge on any atom is -0.386 e. The summed E-state index contributed by atoms with van der Waals surface area (Å²) >= 11 is 0. The van der Waals surface area contributed by atoms with E-state index in [0.29, 0.717) is 22.5 Å². The zero-order valence-electron chi connectivity index (χ0n) is 16.8. The van der Waals surface area contributed by atoms with Crippen LogP contribution in [0.15, 0.2) is 48.5 Å². The van der Waals surface area contributed by atoms with Crippen LogP contribution in [0.4, 0.5) is 11.4 Å². The molecule has 0 radical (unpaired) electrons. The van der Waals surface area contributed by atoms with Crippen LogP contribution in [0.25, 0.3) is 0 Å². The Morgan fingerprint density at radius 3 is 1.33 bits per heavy atom. The average molecular weight is 368 g/mol. The number of nitrogens with one attached hydrogen (secondary N) is 2. The summed E-state index contributed by atoms with van der Waals surface area (Å²) in [6.45, 7) is 12.0. The molecule has 0 atom stereocenters. The summed E-state index contributed by atoms with van der Waals surface area (Å²) in [6, 6.07) is 14.0. The van der Waals surface area contributed by atoms with Gasteiger partial charge in [-0.3, -0.25) is 0 Å². The summed E-state index contributed by atoms with van der Waals surface area (Å²) in [6.07, 6.45) is 0. The van der Waals surface area contributed by atoms with Crippen LogP contribution in [-0.4, -0.2) is 23.0 Å². The molecule has 144 valence electrons. The van der Waals surface area contributed by atoms with Crippen LogP contribution >= 0.6 is 0 Å². The Labute approximate surface area is 161 Å². The summed E-state index contributed by atoms with van der Waals surface area (Å²) in [5.74, 6) is -1.36. The van der Waals surface area contributed by atoms with Gasteiger partial charge in [-0.15, -0.1) is 0 Å². The SMILES string of the molecule is CC(C)(C)Nc1ccccc1C(=O)OC(=O)c1ccccc1NC(C)(C)C. The van der Waals surface area contributed by atoms with E-state index in [-0.39, 0.29) is 11.1 Å². The molecule has 5 nitrogen and oxygen atoms in total. The summed E-state index contributed by atoms with van der Waals surface area (Å²) in [5, 5.41) is 6.52. The molecule has 0 bridgehead atoms. The first kappa shape index (κ1) is 20.5. The molecule has 0 aliphatic heterocycles. The van der Waals surface area contributed by atoms with Crippen molar-refractivity contribution in [3.05, 3.63) is 59.7 Å². The van der Waals surface area contributed by atoms with Crippen LogP contribution in [0.5, 0.6) is 0 Å². The van der Waals surface area contributed by atoms with Crippen molar-refractivity contribution in [3.8, 4) is 0 Å². The molecular weight excluding hydrogens is 340 g/mol. The zero-order valence-corrected chi connectivity index (χ0v) is 16.8. The van der Waals surface area contributed by atoms with Crippen molar-refractivity contribution in [2.75, 3.05) is 10.6 Å². The third-order valence-corrected chi connectivity index (χ3v) is 3.50. The molecule has 5 heteroatoms. The molecule has 0 aliphatic rings. The van der Waals surface area contributed by atoms with E-state index in [4.69, 9.17) is 4.74 Å². The lowest BCUT2D eigenvalue weighted by molar-refractivity contribution is 0.0399. The predicted octanol–water partition coefficient (Wildman–Crippen LogP) is 5.10. The van der Waals surface area contributed by atoms with E-state index in [1.807, 2.05) is 53.7 Å². The van der Waals surface area contributed by atoms with Crippen molar-refractivity contribution in [2.45, 2.75) is 52.6 Å². The lowest BCUT2D eigenvalue weighted by atomic mass is 10.1. The second kappa shape index (κ2) is 7.82. The van der Waals surface area contributed by atoms with E-state index in [2.05, 4.69) is 10.6 Å². The number of rotatable bonds is 4. The van der Waals surface area contributed by atoms with Crippen LogP contribution < -0.4 is 10.6 Å². The predicted molar refractivity (Wildman–Crippen MR) is 109 cm³/mol. The number of carbonyl (C=O) groups excluding carboxylic acids is 2. The third-order valence-electron chi connectivity index (χ3n) is 3.50. The highest BCUT2D eigenvalue weighted by Gasteiger charge is 2.22. The van der Waals surface area contributed by atoms with Crippen molar-refractivity contribution >= 4 is 23.3 Å². The summed E-state index contributed by atoms with van der Waals surface area (Å²) < 4.78 is 5.17. The van der Waals surface area contributed by atoms with Gasteiger partial charge in [-0.25, -0.2) is 9.59 Å². The van der Waals surface area contributed by atoms with Gasteiger partial charge in [0.05, 0.1) is 11.1 Å².